The van der Waals surface area contributed by atoms with Gasteiger partial charge < -0.3 is 19.4 Å². The molecule has 6 rings (SSSR count). The number of para-hydroxylation sites is 1. The number of anilines is 2. The third kappa shape index (κ3) is 5.54. The first-order valence-corrected chi connectivity index (χ1v) is 15.5. The molecule has 2 aromatic carbocycles. The SMILES string of the molecule is CC1=C(C(=O)Nc2ccccc2)[C@H](c2ccc(C(C)C)cc2)n2c(sc(=Cc3cc(Br)c(N4CCOCC4)o3)c2=O)=N1. The van der Waals surface area contributed by atoms with Gasteiger partial charge in [-0.15, -0.1) is 0 Å². The molecular formula is C32H31BrN4O4S. The summed E-state index contributed by atoms with van der Waals surface area (Å²) in [5, 5.41) is 3.00. The van der Waals surface area contributed by atoms with E-state index >= 15 is 0 Å². The van der Waals surface area contributed by atoms with Gasteiger partial charge in [-0.25, -0.2) is 4.99 Å². The third-order valence-electron chi connectivity index (χ3n) is 7.48. The molecule has 1 atom stereocenters. The van der Waals surface area contributed by atoms with Gasteiger partial charge in [-0.1, -0.05) is 67.6 Å². The first kappa shape index (κ1) is 28.4. The summed E-state index contributed by atoms with van der Waals surface area (Å²) in [4.78, 5) is 35.2. The topological polar surface area (TPSA) is 89.1 Å². The third-order valence-corrected chi connectivity index (χ3v) is 9.03. The van der Waals surface area contributed by atoms with Crippen LogP contribution in [0.3, 0.4) is 0 Å². The lowest BCUT2D eigenvalue weighted by Gasteiger charge is -2.26. The number of ether oxygens (including phenoxy) is 1. The normalized spacial score (nSPS) is 17.4. The van der Waals surface area contributed by atoms with Crippen LogP contribution in [0.25, 0.3) is 6.08 Å². The quantitative estimate of drug-likeness (QED) is 0.312. The second-order valence-electron chi connectivity index (χ2n) is 10.6. The molecule has 0 unspecified atom stereocenters. The number of hydrogen-bond acceptors (Lipinski definition) is 7. The van der Waals surface area contributed by atoms with Crippen LogP contribution in [0.1, 0.15) is 49.6 Å². The number of nitrogens with one attached hydrogen (secondary N) is 1. The fourth-order valence-corrected chi connectivity index (χ4v) is 6.85. The van der Waals surface area contributed by atoms with Gasteiger partial charge in [0.15, 0.2) is 4.80 Å². The Bertz CT molecular complexity index is 1830. The summed E-state index contributed by atoms with van der Waals surface area (Å²) in [5.74, 6) is 1.34. The zero-order valence-corrected chi connectivity index (χ0v) is 26.0. The predicted octanol–water partition coefficient (Wildman–Crippen LogP) is 5.19. The fourth-order valence-electron chi connectivity index (χ4n) is 5.27. The summed E-state index contributed by atoms with van der Waals surface area (Å²) in [5.41, 5.74) is 3.48. The summed E-state index contributed by atoms with van der Waals surface area (Å²) in [6, 6.07) is 18.7. The number of amides is 1. The van der Waals surface area contributed by atoms with Gasteiger partial charge in [0, 0.05) is 30.9 Å². The standard InChI is InChI=1S/C32H31BrN4O4S/c1-19(2)21-9-11-22(12-10-21)28-27(29(38)35-23-7-5-4-6-8-23)20(3)34-32-37(28)30(39)26(42-32)18-24-17-25(33)31(41-24)36-13-15-40-16-14-36/h4-12,17-19,28H,13-16H2,1-3H3,(H,35,38)/t28-/m0/s1. The van der Waals surface area contributed by atoms with Crippen molar-refractivity contribution in [3.05, 3.63) is 113 Å². The molecule has 1 fully saturated rings. The van der Waals surface area contributed by atoms with Crippen LogP contribution in [-0.4, -0.2) is 36.8 Å². The minimum atomic E-state index is -0.638. The van der Waals surface area contributed by atoms with Crippen molar-refractivity contribution in [3.8, 4) is 0 Å². The molecule has 1 saturated heterocycles. The van der Waals surface area contributed by atoms with Crippen LogP contribution in [0.15, 0.2) is 90.6 Å². The number of fused-ring (bicyclic) bond motifs is 1. The highest BCUT2D eigenvalue weighted by Gasteiger charge is 2.32. The smallest absolute Gasteiger partial charge is 0.271 e. The number of nitrogens with zero attached hydrogens (tertiary/aromatic N) is 3. The number of carbonyl (C=O) groups is 1. The van der Waals surface area contributed by atoms with E-state index in [0.29, 0.717) is 51.2 Å². The second kappa shape index (κ2) is 11.9. The number of morpholine rings is 1. The summed E-state index contributed by atoms with van der Waals surface area (Å²) in [6.07, 6.45) is 1.75. The molecule has 0 spiro atoms. The van der Waals surface area contributed by atoms with Crippen molar-refractivity contribution in [1.29, 1.82) is 0 Å². The van der Waals surface area contributed by atoms with E-state index in [-0.39, 0.29) is 11.5 Å². The van der Waals surface area contributed by atoms with E-state index in [4.69, 9.17) is 14.1 Å². The molecule has 2 aliphatic rings. The highest BCUT2D eigenvalue weighted by atomic mass is 79.9. The molecule has 0 aliphatic carbocycles. The number of halogens is 1. The maximum absolute atomic E-state index is 14.1. The molecule has 1 amide bonds. The number of rotatable bonds is 6. The van der Waals surface area contributed by atoms with Gasteiger partial charge in [-0.05, 0) is 52.0 Å². The fraction of sp³-hybridized carbons (Fsp3) is 0.281. The second-order valence-corrected chi connectivity index (χ2v) is 12.5. The van der Waals surface area contributed by atoms with Crippen molar-refractivity contribution in [2.24, 2.45) is 4.99 Å². The number of thiazole rings is 1. The maximum atomic E-state index is 14.1. The highest BCUT2D eigenvalue weighted by Crippen LogP contribution is 2.33. The molecule has 4 heterocycles. The monoisotopic (exact) mass is 646 g/mol. The number of allylic oxidation sites excluding steroid dienone is 1. The van der Waals surface area contributed by atoms with E-state index in [1.807, 2.05) is 55.5 Å². The number of aromatic nitrogens is 1. The largest absolute Gasteiger partial charge is 0.440 e. The van der Waals surface area contributed by atoms with E-state index < -0.39 is 6.04 Å². The van der Waals surface area contributed by atoms with E-state index in [1.165, 1.54) is 16.9 Å². The Morgan fingerprint density at radius 1 is 1.12 bits per heavy atom. The minimum absolute atomic E-state index is 0.227. The summed E-state index contributed by atoms with van der Waals surface area (Å²) < 4.78 is 14.6. The van der Waals surface area contributed by atoms with Gasteiger partial charge in [0.2, 0.25) is 5.88 Å². The summed E-state index contributed by atoms with van der Waals surface area (Å²) in [7, 11) is 0. The Balaban J connectivity index is 1.45. The average molecular weight is 648 g/mol. The van der Waals surface area contributed by atoms with Crippen LogP contribution < -0.4 is 25.1 Å². The Hall–Kier alpha value is -3.73. The van der Waals surface area contributed by atoms with Gasteiger partial charge in [-0.2, -0.15) is 0 Å². The van der Waals surface area contributed by atoms with Gasteiger partial charge in [-0.3, -0.25) is 14.2 Å². The Labute approximate surface area is 255 Å². The molecular weight excluding hydrogens is 616 g/mol. The van der Waals surface area contributed by atoms with Crippen molar-refractivity contribution in [1.82, 2.24) is 4.57 Å². The van der Waals surface area contributed by atoms with Gasteiger partial charge >= 0.3 is 0 Å². The van der Waals surface area contributed by atoms with E-state index in [9.17, 15) is 9.59 Å². The minimum Gasteiger partial charge on any atom is -0.440 e. The lowest BCUT2D eigenvalue weighted by atomic mass is 9.93. The molecule has 0 saturated carbocycles. The van der Waals surface area contributed by atoms with Crippen molar-refractivity contribution in [3.63, 3.8) is 0 Å². The van der Waals surface area contributed by atoms with Crippen LogP contribution in [0, 0.1) is 0 Å². The van der Waals surface area contributed by atoms with Crippen molar-refractivity contribution in [2.45, 2.75) is 32.7 Å². The van der Waals surface area contributed by atoms with Crippen LogP contribution in [0.4, 0.5) is 11.6 Å². The summed E-state index contributed by atoms with van der Waals surface area (Å²) >= 11 is 4.90. The van der Waals surface area contributed by atoms with E-state index in [2.05, 4.69) is 52.1 Å². The summed E-state index contributed by atoms with van der Waals surface area (Å²) in [6.45, 7) is 8.84. The van der Waals surface area contributed by atoms with Crippen molar-refractivity contribution in [2.75, 3.05) is 36.5 Å². The molecule has 42 heavy (non-hydrogen) atoms. The number of benzene rings is 2. The Morgan fingerprint density at radius 2 is 1.83 bits per heavy atom. The molecule has 216 valence electrons. The van der Waals surface area contributed by atoms with E-state index in [1.54, 1.807) is 10.6 Å². The van der Waals surface area contributed by atoms with Gasteiger partial charge in [0.05, 0.1) is 39.5 Å². The first-order valence-electron chi connectivity index (χ1n) is 13.9. The Kier molecular flexibility index (Phi) is 8.02. The number of hydrogen-bond donors (Lipinski definition) is 1. The molecule has 1 N–H and O–H groups in total. The van der Waals surface area contributed by atoms with Crippen molar-refractivity contribution < 1.29 is 13.9 Å². The predicted molar refractivity (Wildman–Crippen MR) is 169 cm³/mol. The van der Waals surface area contributed by atoms with Gasteiger partial charge in [0.1, 0.15) is 5.76 Å². The van der Waals surface area contributed by atoms with Crippen LogP contribution in [-0.2, 0) is 9.53 Å². The zero-order chi connectivity index (χ0) is 29.4. The number of carbonyl (C=O) groups excluding carboxylic acids is 1. The van der Waals surface area contributed by atoms with Crippen molar-refractivity contribution >= 4 is 50.8 Å². The first-order chi connectivity index (χ1) is 20.3. The zero-order valence-electron chi connectivity index (χ0n) is 23.6. The lowest BCUT2D eigenvalue weighted by Crippen LogP contribution is -2.40. The molecule has 2 aliphatic heterocycles. The van der Waals surface area contributed by atoms with Crippen LogP contribution >= 0.6 is 27.3 Å². The molecule has 0 radical (unpaired) electrons. The van der Waals surface area contributed by atoms with Crippen LogP contribution in [0.2, 0.25) is 0 Å². The highest BCUT2D eigenvalue weighted by molar-refractivity contribution is 9.10. The maximum Gasteiger partial charge on any atom is 0.271 e. The van der Waals surface area contributed by atoms with Gasteiger partial charge in [0.25, 0.3) is 11.5 Å². The Morgan fingerprint density at radius 3 is 2.52 bits per heavy atom. The van der Waals surface area contributed by atoms with E-state index in [0.717, 1.165) is 29.0 Å². The lowest BCUT2D eigenvalue weighted by molar-refractivity contribution is -0.113. The average Bonchev–Trinajstić information content (AvgIpc) is 3.51. The molecule has 4 aromatic rings. The number of furan rings is 1. The molecule has 8 nitrogen and oxygen atoms in total. The van der Waals surface area contributed by atoms with Crippen LogP contribution in [0.5, 0.6) is 0 Å². The molecule has 0 bridgehead atoms. The molecule has 10 heteroatoms. The molecule has 2 aromatic heterocycles.